The summed E-state index contributed by atoms with van der Waals surface area (Å²) in [7, 11) is 0. The molecule has 1 aromatic carbocycles. The number of hydrogen-bond acceptors (Lipinski definition) is 3. The van der Waals surface area contributed by atoms with Gasteiger partial charge in [-0.2, -0.15) is 0 Å². The number of benzene rings is 1. The minimum Gasteiger partial charge on any atom is -0.327 e. The Morgan fingerprint density at radius 2 is 1.83 bits per heavy atom. The first-order valence-electron chi connectivity index (χ1n) is 7.72. The van der Waals surface area contributed by atoms with Gasteiger partial charge in [-0.05, 0) is 50.3 Å². The van der Waals surface area contributed by atoms with Gasteiger partial charge in [0, 0.05) is 16.8 Å². The predicted molar refractivity (Wildman–Crippen MR) is 91.8 cm³/mol. The minimum atomic E-state index is -0.758. The lowest BCUT2D eigenvalue weighted by Crippen LogP contribution is -2.46. The highest BCUT2D eigenvalue weighted by atomic mass is 16.2. The van der Waals surface area contributed by atoms with Crippen molar-refractivity contribution in [2.75, 3.05) is 0 Å². The van der Waals surface area contributed by atoms with E-state index in [4.69, 9.17) is 0 Å². The molecule has 2 aromatic rings. The zero-order chi connectivity index (χ0) is 17.6. The smallest absolute Gasteiger partial charge is 0.319 e. The molecule has 0 spiro atoms. The largest absolute Gasteiger partial charge is 0.327 e. The van der Waals surface area contributed by atoms with E-state index < -0.39 is 12.1 Å². The number of ketones is 1. The zero-order valence-electron chi connectivity index (χ0n) is 14.0. The third kappa shape index (κ3) is 2.50. The monoisotopic (exact) mass is 325 g/mol. The van der Waals surface area contributed by atoms with Crippen LogP contribution in [-0.4, -0.2) is 16.8 Å². The molecule has 0 aliphatic carbocycles. The molecule has 124 valence electrons. The fourth-order valence-electron chi connectivity index (χ4n) is 3.15. The predicted octanol–water partition coefficient (Wildman–Crippen LogP) is 2.36. The number of fused-ring (bicyclic) bond motifs is 1. The molecule has 0 saturated carbocycles. The summed E-state index contributed by atoms with van der Waals surface area (Å²) in [5.74, 6) is -0.190. The first-order valence-corrected chi connectivity index (χ1v) is 7.72. The summed E-state index contributed by atoms with van der Waals surface area (Å²) in [4.78, 5) is 39.3. The number of allylic oxidation sites excluding steroid dienone is 1. The second kappa shape index (κ2) is 5.63. The lowest BCUT2D eigenvalue weighted by Gasteiger charge is -2.27. The quantitative estimate of drug-likeness (QED) is 0.791. The molecule has 24 heavy (non-hydrogen) atoms. The lowest BCUT2D eigenvalue weighted by molar-refractivity contribution is -0.114. The van der Waals surface area contributed by atoms with Gasteiger partial charge in [-0.1, -0.05) is 12.1 Å². The Bertz CT molecular complexity index is 969. The summed E-state index contributed by atoms with van der Waals surface area (Å²) < 4.78 is 0. The maximum Gasteiger partial charge on any atom is 0.319 e. The molecule has 0 radical (unpaired) electrons. The standard InChI is InChI=1S/C18H19N3O3/c1-8-5-6-12-7-13(17(23)20-15(12)9(8)2)16-14(11(4)22)10(3)19-18(24)21-16/h5-7,16H,1-4H3,(H,20,23)(H2,19,21,24). The molecule has 1 aliphatic heterocycles. The number of carbonyl (C=O) groups is 2. The van der Waals surface area contributed by atoms with Crippen molar-refractivity contribution in [1.82, 2.24) is 15.6 Å². The highest BCUT2D eigenvalue weighted by molar-refractivity contribution is 5.98. The SMILES string of the molecule is CC(=O)C1=C(C)NC(=O)NC1c1cc2ccc(C)c(C)c2[nH]c1=O. The van der Waals surface area contributed by atoms with Gasteiger partial charge in [-0.15, -0.1) is 0 Å². The number of amides is 2. The molecule has 3 rings (SSSR count). The molecule has 1 atom stereocenters. The number of rotatable bonds is 2. The van der Waals surface area contributed by atoms with E-state index in [1.807, 2.05) is 26.0 Å². The van der Waals surface area contributed by atoms with Crippen LogP contribution in [0.1, 0.15) is 36.6 Å². The average molecular weight is 325 g/mol. The maximum absolute atomic E-state index is 12.6. The number of aromatic nitrogens is 1. The Morgan fingerprint density at radius 1 is 1.12 bits per heavy atom. The summed E-state index contributed by atoms with van der Waals surface area (Å²) in [6, 6.07) is 4.46. The number of urea groups is 1. The second-order valence-electron chi connectivity index (χ2n) is 6.15. The van der Waals surface area contributed by atoms with E-state index >= 15 is 0 Å². The van der Waals surface area contributed by atoms with Gasteiger partial charge < -0.3 is 15.6 Å². The Morgan fingerprint density at radius 3 is 2.50 bits per heavy atom. The van der Waals surface area contributed by atoms with E-state index in [-0.39, 0.29) is 11.3 Å². The molecule has 1 unspecified atom stereocenters. The van der Waals surface area contributed by atoms with E-state index in [1.54, 1.807) is 13.0 Å². The van der Waals surface area contributed by atoms with Crippen LogP contribution in [0.15, 0.2) is 34.3 Å². The molecule has 1 aliphatic rings. The molecule has 2 amide bonds. The Kier molecular flexibility index (Phi) is 3.75. The summed E-state index contributed by atoms with van der Waals surface area (Å²) in [5, 5.41) is 6.12. The van der Waals surface area contributed by atoms with Crippen molar-refractivity contribution in [3.63, 3.8) is 0 Å². The first-order chi connectivity index (χ1) is 11.3. The van der Waals surface area contributed by atoms with Crippen LogP contribution in [0.3, 0.4) is 0 Å². The number of hydrogen-bond donors (Lipinski definition) is 3. The summed E-state index contributed by atoms with van der Waals surface area (Å²) in [5.41, 5.74) is 3.76. The molecule has 2 heterocycles. The number of aryl methyl sites for hydroxylation is 2. The number of Topliss-reactive ketones (excluding diaryl/α,β-unsaturated/α-hetero) is 1. The van der Waals surface area contributed by atoms with Crippen molar-refractivity contribution >= 4 is 22.7 Å². The van der Waals surface area contributed by atoms with Gasteiger partial charge in [0.15, 0.2) is 5.78 Å². The minimum absolute atomic E-state index is 0.190. The zero-order valence-corrected chi connectivity index (χ0v) is 14.0. The van der Waals surface area contributed by atoms with E-state index in [2.05, 4.69) is 15.6 Å². The topological polar surface area (TPSA) is 91.1 Å². The molecule has 6 nitrogen and oxygen atoms in total. The van der Waals surface area contributed by atoms with Crippen molar-refractivity contribution < 1.29 is 9.59 Å². The van der Waals surface area contributed by atoms with Crippen LogP contribution in [0, 0.1) is 13.8 Å². The van der Waals surface area contributed by atoms with Crippen molar-refractivity contribution in [3.05, 3.63) is 56.5 Å². The van der Waals surface area contributed by atoms with E-state index in [9.17, 15) is 14.4 Å². The van der Waals surface area contributed by atoms with Crippen LogP contribution < -0.4 is 16.2 Å². The Labute approximate surface area is 139 Å². The fourth-order valence-corrected chi connectivity index (χ4v) is 3.15. The highest BCUT2D eigenvalue weighted by Crippen LogP contribution is 2.27. The van der Waals surface area contributed by atoms with Gasteiger partial charge in [-0.3, -0.25) is 9.59 Å². The number of nitrogens with one attached hydrogen (secondary N) is 3. The summed E-state index contributed by atoms with van der Waals surface area (Å²) >= 11 is 0. The van der Waals surface area contributed by atoms with Crippen LogP contribution in [0.5, 0.6) is 0 Å². The molecule has 1 aromatic heterocycles. The highest BCUT2D eigenvalue weighted by Gasteiger charge is 2.31. The van der Waals surface area contributed by atoms with Crippen molar-refractivity contribution in [2.45, 2.75) is 33.7 Å². The lowest BCUT2D eigenvalue weighted by atomic mass is 9.92. The average Bonchev–Trinajstić information content (AvgIpc) is 2.50. The maximum atomic E-state index is 12.6. The number of pyridine rings is 1. The van der Waals surface area contributed by atoms with Gasteiger partial charge in [0.05, 0.1) is 11.6 Å². The third-order valence-corrected chi connectivity index (χ3v) is 4.54. The Balaban J connectivity index is 2.25. The van der Waals surface area contributed by atoms with E-state index in [0.717, 1.165) is 22.0 Å². The van der Waals surface area contributed by atoms with Gasteiger partial charge in [-0.25, -0.2) is 4.79 Å². The van der Waals surface area contributed by atoms with E-state index in [1.165, 1.54) is 6.92 Å². The van der Waals surface area contributed by atoms with Gasteiger partial charge in [0.2, 0.25) is 0 Å². The fraction of sp³-hybridized carbons (Fsp3) is 0.278. The molecule has 0 fully saturated rings. The molecular weight excluding hydrogens is 306 g/mol. The van der Waals surface area contributed by atoms with Crippen molar-refractivity contribution in [3.8, 4) is 0 Å². The van der Waals surface area contributed by atoms with Crippen LogP contribution in [0.25, 0.3) is 10.9 Å². The first kappa shape index (κ1) is 16.0. The summed E-state index contributed by atoms with van der Waals surface area (Å²) in [6.45, 7) is 7.01. The molecule has 0 saturated heterocycles. The molecule has 0 bridgehead atoms. The second-order valence-corrected chi connectivity index (χ2v) is 6.15. The van der Waals surface area contributed by atoms with Gasteiger partial charge >= 0.3 is 6.03 Å². The molecule has 6 heteroatoms. The number of H-pyrrole nitrogens is 1. The number of carbonyl (C=O) groups excluding carboxylic acids is 2. The van der Waals surface area contributed by atoms with Crippen molar-refractivity contribution in [2.24, 2.45) is 0 Å². The van der Waals surface area contributed by atoms with Gasteiger partial charge in [0.25, 0.3) is 5.56 Å². The summed E-state index contributed by atoms with van der Waals surface area (Å²) in [6.07, 6.45) is 0. The molecular formula is C18H19N3O3. The third-order valence-electron chi connectivity index (χ3n) is 4.54. The van der Waals surface area contributed by atoms with Gasteiger partial charge in [0.1, 0.15) is 0 Å². The van der Waals surface area contributed by atoms with Crippen molar-refractivity contribution in [1.29, 1.82) is 0 Å². The number of aromatic amines is 1. The van der Waals surface area contributed by atoms with E-state index in [0.29, 0.717) is 16.8 Å². The molecule has 3 N–H and O–H groups in total. The van der Waals surface area contributed by atoms with Crippen LogP contribution in [-0.2, 0) is 4.79 Å². The van der Waals surface area contributed by atoms with Crippen LogP contribution in [0.2, 0.25) is 0 Å². The normalized spacial score (nSPS) is 17.7. The van der Waals surface area contributed by atoms with Crippen LogP contribution >= 0.6 is 0 Å². The van der Waals surface area contributed by atoms with Crippen LogP contribution in [0.4, 0.5) is 4.79 Å². The Hall–Kier alpha value is -2.89.